The van der Waals surface area contributed by atoms with Crippen molar-refractivity contribution in [3.8, 4) is 0 Å². The van der Waals surface area contributed by atoms with Gasteiger partial charge in [-0.1, -0.05) is 27.7 Å². The molecule has 0 amide bonds. The van der Waals surface area contributed by atoms with Crippen LogP contribution < -0.4 is 4.90 Å². The maximum absolute atomic E-state index is 9.72. The molecular formula is C17H30N2O. The second-order valence-corrected chi connectivity index (χ2v) is 6.48. The van der Waals surface area contributed by atoms with Crippen LogP contribution in [0.2, 0.25) is 0 Å². The minimum absolute atomic E-state index is 0.436. The molecule has 1 N–H and O–H groups in total. The molecule has 1 heterocycles. The lowest BCUT2D eigenvalue weighted by Crippen LogP contribution is -2.28. The van der Waals surface area contributed by atoms with Gasteiger partial charge in [-0.2, -0.15) is 0 Å². The zero-order valence-corrected chi connectivity index (χ0v) is 13.6. The van der Waals surface area contributed by atoms with Crippen LogP contribution in [0.5, 0.6) is 0 Å². The predicted molar refractivity (Wildman–Crippen MR) is 86.0 cm³/mol. The van der Waals surface area contributed by atoms with Gasteiger partial charge >= 0.3 is 0 Å². The van der Waals surface area contributed by atoms with E-state index in [-0.39, 0.29) is 0 Å². The number of hydrogen-bond acceptors (Lipinski definition) is 3. The summed E-state index contributed by atoms with van der Waals surface area (Å²) in [5.41, 5.74) is 0.939. The van der Waals surface area contributed by atoms with E-state index >= 15 is 0 Å². The zero-order chi connectivity index (χ0) is 15.1. The summed E-state index contributed by atoms with van der Waals surface area (Å²) in [5, 5.41) is 9.72. The summed E-state index contributed by atoms with van der Waals surface area (Å²) in [7, 11) is 0. The van der Waals surface area contributed by atoms with Crippen molar-refractivity contribution in [3.05, 3.63) is 23.9 Å². The number of rotatable bonds is 8. The van der Waals surface area contributed by atoms with Gasteiger partial charge in [-0.25, -0.2) is 4.98 Å². The molecule has 3 nitrogen and oxygen atoms in total. The first-order valence-electron chi connectivity index (χ1n) is 7.79. The Morgan fingerprint density at radius 1 is 1.05 bits per heavy atom. The molecule has 0 bridgehead atoms. The SMILES string of the molecule is CC(C)CCN(CCC(C)C)c1cc(C(C)O)ccn1. The first-order valence-corrected chi connectivity index (χ1v) is 7.79. The largest absolute Gasteiger partial charge is 0.389 e. The Kier molecular flexibility index (Phi) is 7.00. The predicted octanol–water partition coefficient (Wildman–Crippen LogP) is 4.03. The second kappa shape index (κ2) is 8.25. The lowest BCUT2D eigenvalue weighted by molar-refractivity contribution is 0.199. The minimum atomic E-state index is -0.436. The molecule has 3 heteroatoms. The molecule has 0 fully saturated rings. The molecule has 0 aliphatic heterocycles. The first-order chi connectivity index (χ1) is 9.40. The fourth-order valence-electron chi connectivity index (χ4n) is 2.04. The third kappa shape index (κ3) is 5.91. The number of aromatic nitrogens is 1. The Labute approximate surface area is 124 Å². The van der Waals surface area contributed by atoms with E-state index < -0.39 is 6.10 Å². The summed E-state index contributed by atoms with van der Waals surface area (Å²) in [5.74, 6) is 2.37. The van der Waals surface area contributed by atoms with Crippen molar-refractivity contribution >= 4 is 5.82 Å². The number of pyridine rings is 1. The molecule has 1 aromatic heterocycles. The van der Waals surface area contributed by atoms with Crippen LogP contribution in [0.4, 0.5) is 5.82 Å². The van der Waals surface area contributed by atoms with E-state index in [0.29, 0.717) is 11.8 Å². The number of aliphatic hydroxyl groups is 1. The molecule has 0 aliphatic rings. The van der Waals surface area contributed by atoms with Crippen molar-refractivity contribution in [2.75, 3.05) is 18.0 Å². The highest BCUT2D eigenvalue weighted by atomic mass is 16.3. The Hall–Kier alpha value is -1.09. The van der Waals surface area contributed by atoms with Crippen LogP contribution in [0.25, 0.3) is 0 Å². The van der Waals surface area contributed by atoms with Gasteiger partial charge in [0, 0.05) is 19.3 Å². The van der Waals surface area contributed by atoms with Gasteiger partial charge in [0.1, 0.15) is 5.82 Å². The average molecular weight is 278 g/mol. The van der Waals surface area contributed by atoms with Gasteiger partial charge in [0.05, 0.1) is 6.10 Å². The van der Waals surface area contributed by atoms with Crippen molar-refractivity contribution in [2.45, 2.75) is 53.6 Å². The Morgan fingerprint density at radius 2 is 1.60 bits per heavy atom. The summed E-state index contributed by atoms with van der Waals surface area (Å²) in [6.45, 7) is 12.9. The monoisotopic (exact) mass is 278 g/mol. The van der Waals surface area contributed by atoms with Gasteiger partial charge in [-0.3, -0.25) is 0 Å². The molecule has 0 radical (unpaired) electrons. The standard InChI is InChI=1S/C17H30N2O/c1-13(2)7-10-19(11-8-14(3)4)17-12-16(15(5)20)6-9-18-17/h6,9,12-15,20H,7-8,10-11H2,1-5H3. The van der Waals surface area contributed by atoms with Crippen molar-refractivity contribution < 1.29 is 5.11 Å². The molecule has 0 saturated heterocycles. The van der Waals surface area contributed by atoms with Gasteiger partial charge < -0.3 is 10.0 Å². The van der Waals surface area contributed by atoms with E-state index in [4.69, 9.17) is 0 Å². The van der Waals surface area contributed by atoms with Crippen LogP contribution in [-0.4, -0.2) is 23.2 Å². The molecule has 0 aliphatic carbocycles. The summed E-state index contributed by atoms with van der Waals surface area (Å²) < 4.78 is 0. The molecule has 1 unspecified atom stereocenters. The summed E-state index contributed by atoms with van der Waals surface area (Å²) in [6.07, 6.45) is 3.70. The third-order valence-electron chi connectivity index (χ3n) is 3.53. The topological polar surface area (TPSA) is 36.4 Å². The van der Waals surface area contributed by atoms with Crippen LogP contribution in [0.1, 0.15) is 59.1 Å². The summed E-state index contributed by atoms with van der Waals surface area (Å²) >= 11 is 0. The minimum Gasteiger partial charge on any atom is -0.389 e. The molecule has 0 aromatic carbocycles. The van der Waals surface area contributed by atoms with E-state index in [1.165, 1.54) is 12.8 Å². The third-order valence-corrected chi connectivity index (χ3v) is 3.53. The number of nitrogens with zero attached hydrogens (tertiary/aromatic N) is 2. The van der Waals surface area contributed by atoms with Gasteiger partial charge in [0.2, 0.25) is 0 Å². The van der Waals surface area contributed by atoms with Crippen molar-refractivity contribution in [1.82, 2.24) is 4.98 Å². The normalized spacial score (nSPS) is 13.0. The Morgan fingerprint density at radius 3 is 2.05 bits per heavy atom. The molecule has 1 rings (SSSR count). The molecule has 20 heavy (non-hydrogen) atoms. The average Bonchev–Trinajstić information content (AvgIpc) is 2.38. The Bertz CT molecular complexity index is 376. The van der Waals surface area contributed by atoms with E-state index in [1.54, 1.807) is 13.1 Å². The number of anilines is 1. The van der Waals surface area contributed by atoms with Crippen LogP contribution in [-0.2, 0) is 0 Å². The molecule has 1 atom stereocenters. The highest BCUT2D eigenvalue weighted by Gasteiger charge is 2.11. The quantitative estimate of drug-likeness (QED) is 0.780. The van der Waals surface area contributed by atoms with Gasteiger partial charge in [-0.15, -0.1) is 0 Å². The van der Waals surface area contributed by atoms with E-state index in [0.717, 1.165) is 24.5 Å². The summed E-state index contributed by atoms with van der Waals surface area (Å²) in [4.78, 5) is 6.85. The van der Waals surface area contributed by atoms with Crippen LogP contribution >= 0.6 is 0 Å². The second-order valence-electron chi connectivity index (χ2n) is 6.48. The number of aliphatic hydroxyl groups excluding tert-OH is 1. The lowest BCUT2D eigenvalue weighted by atomic mass is 10.1. The van der Waals surface area contributed by atoms with Gasteiger partial charge in [0.25, 0.3) is 0 Å². The lowest BCUT2D eigenvalue weighted by Gasteiger charge is -2.26. The van der Waals surface area contributed by atoms with Gasteiger partial charge in [0.15, 0.2) is 0 Å². The van der Waals surface area contributed by atoms with Crippen LogP contribution in [0.3, 0.4) is 0 Å². The highest BCUT2D eigenvalue weighted by Crippen LogP contribution is 2.20. The zero-order valence-electron chi connectivity index (χ0n) is 13.6. The number of hydrogen-bond donors (Lipinski definition) is 1. The van der Waals surface area contributed by atoms with Crippen molar-refractivity contribution in [1.29, 1.82) is 0 Å². The Balaban J connectivity index is 2.81. The van der Waals surface area contributed by atoms with E-state index in [2.05, 4.69) is 37.6 Å². The van der Waals surface area contributed by atoms with Crippen LogP contribution in [0, 0.1) is 11.8 Å². The molecule has 0 saturated carbocycles. The fourth-order valence-corrected chi connectivity index (χ4v) is 2.04. The van der Waals surface area contributed by atoms with Gasteiger partial charge in [-0.05, 0) is 49.3 Å². The molecule has 1 aromatic rings. The van der Waals surface area contributed by atoms with Crippen molar-refractivity contribution in [2.24, 2.45) is 11.8 Å². The summed E-state index contributed by atoms with van der Waals surface area (Å²) in [6, 6.07) is 3.91. The first kappa shape index (κ1) is 17.0. The van der Waals surface area contributed by atoms with E-state index in [9.17, 15) is 5.11 Å². The molecule has 114 valence electrons. The van der Waals surface area contributed by atoms with Crippen LogP contribution in [0.15, 0.2) is 18.3 Å². The molecule has 0 spiro atoms. The van der Waals surface area contributed by atoms with E-state index in [1.807, 2.05) is 12.1 Å². The maximum atomic E-state index is 9.72. The highest BCUT2D eigenvalue weighted by molar-refractivity contribution is 5.41. The smallest absolute Gasteiger partial charge is 0.128 e. The fraction of sp³-hybridized carbons (Fsp3) is 0.706. The maximum Gasteiger partial charge on any atom is 0.128 e. The molecular weight excluding hydrogens is 248 g/mol. The van der Waals surface area contributed by atoms with Crippen molar-refractivity contribution in [3.63, 3.8) is 0 Å².